The van der Waals surface area contributed by atoms with E-state index in [4.69, 9.17) is 4.74 Å². The molecule has 0 bridgehead atoms. The van der Waals surface area contributed by atoms with Gasteiger partial charge in [-0.15, -0.1) is 12.4 Å². The Morgan fingerprint density at radius 1 is 0.537 bits per heavy atom. The summed E-state index contributed by atoms with van der Waals surface area (Å²) in [6.45, 7) is 30.1. The predicted octanol–water partition coefficient (Wildman–Crippen LogP) is 8.13. The molecule has 1 heterocycles. The lowest BCUT2D eigenvalue weighted by molar-refractivity contribution is -0.157. The summed E-state index contributed by atoms with van der Waals surface area (Å²) in [4.78, 5) is 169. The van der Waals surface area contributed by atoms with Crippen LogP contribution in [0, 0.1) is 41.4 Å². The number of nitrogens with one attached hydrogen (secondary N) is 5. The Labute approximate surface area is 647 Å². The van der Waals surface area contributed by atoms with E-state index in [1.165, 1.54) is 99.8 Å². The van der Waals surface area contributed by atoms with Gasteiger partial charge in [0, 0.05) is 55.8 Å². The van der Waals surface area contributed by atoms with E-state index in [0.29, 0.717) is 12.2 Å². The Hall–Kier alpha value is -7.85. The van der Waals surface area contributed by atoms with E-state index in [9.17, 15) is 61.4 Å². The molecule has 2 aromatic rings. The van der Waals surface area contributed by atoms with E-state index >= 15 is 9.59 Å². The van der Waals surface area contributed by atoms with Crippen molar-refractivity contribution in [2.75, 3.05) is 69.5 Å². The summed E-state index contributed by atoms with van der Waals surface area (Å²) in [7, 11) is 11.8. The molecule has 1 aliphatic rings. The second-order valence-electron chi connectivity index (χ2n) is 31.0. The number of carbonyl (C=O) groups excluding carboxylic acids is 11. The molecular weight excluding hydrogens is 1420 g/mol. The van der Waals surface area contributed by atoms with E-state index in [2.05, 4.69) is 26.6 Å². The molecule has 612 valence electrons. The van der Waals surface area contributed by atoms with Crippen LogP contribution in [0.5, 0.6) is 5.75 Å². The molecule has 0 aromatic heterocycles. The SMILES string of the molecule is CC=CCC(C)C(O)C1C(=O)NC(CC)C(=O)N(C)CC(=O)N(C)C(CC(C)C)C(=O)NC(C(C)C)C(=O)N(C)C(CC(C)C)C(=O)NC(C)C(=O)NC(C)C(=O)N(C)C(CC(C)C)C(=O)N(C)C(CC(C)C)C(=O)N(C)C(C(C)C)C(=O)N1C.CNCCC(Oc1ccc(C(F)(F)F)cc1)c1ccccc1.Cl. The maximum Gasteiger partial charge on any atom is 0.416 e. The van der Waals surface area contributed by atoms with Crippen molar-refractivity contribution in [1.82, 2.24) is 60.9 Å². The maximum absolute atomic E-state index is 15.1. The second-order valence-corrected chi connectivity index (χ2v) is 31.0. The number of likely N-dealkylation sites (N-methyl/N-ethyl adjacent to an activating group) is 7. The summed E-state index contributed by atoms with van der Waals surface area (Å²) in [6.07, 6.45) is -0.767. The fourth-order valence-electron chi connectivity index (χ4n) is 12.8. The van der Waals surface area contributed by atoms with E-state index in [1.54, 1.807) is 54.5 Å². The summed E-state index contributed by atoms with van der Waals surface area (Å²) in [6, 6.07) is 2.11. The number of halogens is 4. The van der Waals surface area contributed by atoms with Crippen molar-refractivity contribution in [2.45, 2.75) is 241 Å². The van der Waals surface area contributed by atoms with Crippen LogP contribution in [0.2, 0.25) is 0 Å². The van der Waals surface area contributed by atoms with Gasteiger partial charge in [-0.05, 0) is 144 Å². The molecule has 13 unspecified atom stereocenters. The number of aliphatic hydroxyl groups is 1. The minimum absolute atomic E-state index is 0. The molecule has 1 saturated heterocycles. The number of aliphatic hydroxyl groups excluding tert-OH is 1. The largest absolute Gasteiger partial charge is 0.486 e. The number of amides is 11. The Bertz CT molecular complexity index is 3250. The Morgan fingerprint density at radius 3 is 1.45 bits per heavy atom. The van der Waals surface area contributed by atoms with Crippen LogP contribution < -0.4 is 31.3 Å². The fourth-order valence-corrected chi connectivity index (χ4v) is 12.8. The Balaban J connectivity index is 0.00000214. The number of hydrogen-bond donors (Lipinski definition) is 6. The molecule has 29 heteroatoms. The van der Waals surface area contributed by atoms with E-state index in [0.717, 1.165) is 40.5 Å². The molecule has 2 aromatic carbocycles. The number of rotatable bonds is 21. The zero-order chi connectivity index (χ0) is 82.0. The molecule has 0 spiro atoms. The Kier molecular flexibility index (Phi) is 41.8. The number of alkyl halides is 3. The van der Waals surface area contributed by atoms with Gasteiger partial charge in [-0.1, -0.05) is 139 Å². The minimum atomic E-state index is -4.33. The van der Waals surface area contributed by atoms with Crippen molar-refractivity contribution in [1.29, 1.82) is 0 Å². The third-order valence-corrected chi connectivity index (χ3v) is 19.4. The number of allylic oxidation sites excluding steroid dienone is 2. The highest BCUT2D eigenvalue weighted by molar-refractivity contribution is 5.99. The van der Waals surface area contributed by atoms with Crippen LogP contribution in [0.15, 0.2) is 66.7 Å². The average Bonchev–Trinajstić information content (AvgIpc) is 0.800. The number of ether oxygens (including phenoxy) is 1. The Morgan fingerprint density at radius 2 is 0.991 bits per heavy atom. The molecule has 25 nitrogen and oxygen atoms in total. The van der Waals surface area contributed by atoms with Crippen LogP contribution in [-0.2, 0) is 58.9 Å². The lowest BCUT2D eigenvalue weighted by atomic mass is 9.91. The molecule has 13 atom stereocenters. The fraction of sp³-hybridized carbons (Fsp3) is 0.684. The van der Waals surface area contributed by atoms with Gasteiger partial charge >= 0.3 is 6.18 Å². The van der Waals surface area contributed by atoms with Crippen LogP contribution in [0.25, 0.3) is 0 Å². The molecule has 3 rings (SSSR count). The van der Waals surface area contributed by atoms with Crippen LogP contribution in [-0.4, -0.2) is 240 Å². The topological polar surface area (TPSA) is 300 Å². The van der Waals surface area contributed by atoms with E-state index in [-0.39, 0.29) is 74.3 Å². The van der Waals surface area contributed by atoms with Crippen molar-refractivity contribution in [2.24, 2.45) is 41.4 Å². The molecule has 11 amide bonds. The quantitative estimate of drug-likeness (QED) is 0.0644. The van der Waals surface area contributed by atoms with Gasteiger partial charge in [0.25, 0.3) is 0 Å². The molecule has 1 aliphatic heterocycles. The first kappa shape index (κ1) is 98.2. The smallest absolute Gasteiger partial charge is 0.416 e. The first-order valence-electron chi connectivity index (χ1n) is 37.6. The number of carbonyl (C=O) groups is 11. The highest BCUT2D eigenvalue weighted by atomic mass is 35.5. The highest BCUT2D eigenvalue weighted by Gasteiger charge is 2.46. The first-order valence-corrected chi connectivity index (χ1v) is 37.6. The van der Waals surface area contributed by atoms with Gasteiger partial charge in [-0.25, -0.2) is 0 Å². The van der Waals surface area contributed by atoms with Crippen molar-refractivity contribution in [3.05, 3.63) is 77.9 Å². The molecule has 1 fully saturated rings. The van der Waals surface area contributed by atoms with Gasteiger partial charge < -0.3 is 70.7 Å². The normalized spacial score (nSPS) is 23.8. The zero-order valence-corrected chi connectivity index (χ0v) is 69.5. The van der Waals surface area contributed by atoms with Gasteiger partial charge in [-0.2, -0.15) is 13.2 Å². The third kappa shape index (κ3) is 29.2. The standard InChI is InChI=1S/C62H111N11O12.C17H18F3NO.ClH/c1-25-27-28-40(15)52(75)51-56(79)65-43(26-2)58(81)67(18)33-48(74)68(19)44(29-34(3)4)55(78)66-49(38(11)12)61(84)69(20)45(30-35(5)6)54(77)63-41(16)53(76)64-42(17)57(80)70(21)46(31-36(7)8)59(82)71(22)47(32-37(9)10)60(83)72(23)50(39(13)14)62(85)73(51)24;1-21-12-11-16(13-5-3-2-4-6-13)22-15-9-7-14(8-10-15)17(18,19)20;/h25,27,34-47,49-52,75H,26,28-33H2,1-24H3,(H,63,77)(H,64,76)(H,65,79)(H,66,78);2-10,16,21H,11-12H2,1H3;1H. The first-order chi connectivity index (χ1) is 49.7. The van der Waals surface area contributed by atoms with Gasteiger partial charge in [0.1, 0.15) is 72.3 Å². The van der Waals surface area contributed by atoms with E-state index < -0.39 is 168 Å². The number of nitrogens with zero attached hydrogens (tertiary/aromatic N) is 7. The van der Waals surface area contributed by atoms with Crippen LogP contribution >= 0.6 is 12.4 Å². The monoisotopic (exact) mass is 1550 g/mol. The van der Waals surface area contributed by atoms with Crippen molar-refractivity contribution in [3.63, 3.8) is 0 Å². The maximum atomic E-state index is 15.1. The van der Waals surface area contributed by atoms with Crippen LogP contribution in [0.3, 0.4) is 0 Å². The van der Waals surface area contributed by atoms with Gasteiger partial charge in [0.2, 0.25) is 65.0 Å². The van der Waals surface area contributed by atoms with Crippen molar-refractivity contribution >= 4 is 77.4 Å². The average molecular weight is 1550 g/mol. The second kappa shape index (κ2) is 46.0. The molecule has 0 saturated carbocycles. The van der Waals surface area contributed by atoms with Gasteiger partial charge in [0.05, 0.1) is 18.2 Å². The summed E-state index contributed by atoms with van der Waals surface area (Å²) in [5.74, 6) is -9.28. The van der Waals surface area contributed by atoms with Gasteiger partial charge in [0.15, 0.2) is 0 Å². The van der Waals surface area contributed by atoms with Crippen LogP contribution in [0.4, 0.5) is 13.2 Å². The van der Waals surface area contributed by atoms with Crippen molar-refractivity contribution in [3.8, 4) is 5.75 Å². The summed E-state index contributed by atoms with van der Waals surface area (Å²) in [5.41, 5.74) is 0.323. The van der Waals surface area contributed by atoms with Gasteiger partial charge in [-0.3, -0.25) is 52.7 Å². The summed E-state index contributed by atoms with van der Waals surface area (Å²) >= 11 is 0. The molecular formula is C79H130ClF3N12O13. The lowest BCUT2D eigenvalue weighted by Gasteiger charge is -2.41. The summed E-state index contributed by atoms with van der Waals surface area (Å²) < 4.78 is 43.6. The lowest BCUT2D eigenvalue weighted by Crippen LogP contribution is -2.63. The molecule has 108 heavy (non-hydrogen) atoms. The number of hydrogen-bond acceptors (Lipinski definition) is 14. The van der Waals surface area contributed by atoms with Crippen molar-refractivity contribution < 1.29 is 75.8 Å². The molecule has 6 N–H and O–H groups in total. The highest BCUT2D eigenvalue weighted by Crippen LogP contribution is 2.33. The molecule has 0 radical (unpaired) electrons. The summed E-state index contributed by atoms with van der Waals surface area (Å²) in [5, 5.41) is 26.1. The molecule has 0 aliphatic carbocycles. The number of benzene rings is 2. The zero-order valence-electron chi connectivity index (χ0n) is 68.7. The minimum Gasteiger partial charge on any atom is -0.486 e. The predicted molar refractivity (Wildman–Crippen MR) is 415 cm³/mol. The third-order valence-electron chi connectivity index (χ3n) is 19.4. The van der Waals surface area contributed by atoms with Crippen LogP contribution in [0.1, 0.15) is 180 Å². The van der Waals surface area contributed by atoms with E-state index in [1.807, 2.05) is 98.8 Å².